The molecule has 1 aliphatic heterocycles. The summed E-state index contributed by atoms with van der Waals surface area (Å²) in [4.78, 5) is 19.6. The molecule has 0 fully saturated rings. The van der Waals surface area contributed by atoms with E-state index in [0.29, 0.717) is 5.02 Å². The van der Waals surface area contributed by atoms with Gasteiger partial charge in [0.25, 0.3) is 0 Å². The largest absolute Gasteiger partial charge is 0.454 e. The van der Waals surface area contributed by atoms with Crippen molar-refractivity contribution in [3.63, 3.8) is 0 Å². The highest BCUT2D eigenvalue weighted by atomic mass is 35.5. The van der Waals surface area contributed by atoms with E-state index in [0.717, 1.165) is 0 Å². The van der Waals surface area contributed by atoms with Gasteiger partial charge >= 0.3 is 18.2 Å². The quantitative estimate of drug-likeness (QED) is 0.754. The number of aromatic nitrogens is 2. The van der Waals surface area contributed by atoms with Crippen molar-refractivity contribution in [1.82, 2.24) is 9.97 Å². The zero-order valence-electron chi connectivity index (χ0n) is 12.0. The van der Waals surface area contributed by atoms with E-state index in [1.165, 1.54) is 30.6 Å². The number of carbonyl (C=O) groups is 1. The van der Waals surface area contributed by atoms with Crippen molar-refractivity contribution in [3.8, 4) is 11.8 Å². The van der Waals surface area contributed by atoms with Crippen molar-refractivity contribution in [1.29, 1.82) is 0 Å². The first kappa shape index (κ1) is 16.5. The number of ether oxygens (including phenoxy) is 2. The molecule has 1 atom stereocenters. The molecule has 0 saturated heterocycles. The molecule has 2 aromatic rings. The molecule has 0 spiro atoms. The van der Waals surface area contributed by atoms with Crippen molar-refractivity contribution in [2.24, 2.45) is 0 Å². The van der Waals surface area contributed by atoms with E-state index in [2.05, 4.69) is 9.97 Å². The summed E-state index contributed by atoms with van der Waals surface area (Å²) in [7, 11) is 0. The predicted octanol–water partition coefficient (Wildman–Crippen LogP) is 4.48. The number of rotatable bonds is 4. The number of halogens is 4. The zero-order valence-corrected chi connectivity index (χ0v) is 12.8. The molecule has 1 aromatic carbocycles. The van der Waals surface area contributed by atoms with Crippen LogP contribution in [-0.4, -0.2) is 22.1 Å². The molecule has 5 nitrogen and oxygen atoms in total. The highest BCUT2D eigenvalue weighted by Gasteiger charge is 2.37. The molecule has 0 N–H and O–H groups in total. The fraction of sp³-hybridized carbons (Fsp3) is 0.267. The van der Waals surface area contributed by atoms with Gasteiger partial charge in [-0.3, -0.25) is 0 Å². The lowest BCUT2D eigenvalue weighted by Gasteiger charge is -2.15. The smallest absolute Gasteiger partial charge is 0.389 e. The third-order valence-corrected chi connectivity index (χ3v) is 3.54. The standard InChI is InChI=1S/C15H10ClF3N2O3/c16-8-6-20-14(21-7-8)24-10-3-1-2-9-12(10)11(23-13(9)22)4-5-15(17,18)19/h1-3,6-7,11H,4-5H2/t11-/m0/s1. The molecule has 0 amide bonds. The Labute approximate surface area is 139 Å². The highest BCUT2D eigenvalue weighted by molar-refractivity contribution is 6.30. The van der Waals surface area contributed by atoms with E-state index in [1.54, 1.807) is 0 Å². The summed E-state index contributed by atoms with van der Waals surface area (Å²) in [5, 5.41) is 0.308. The zero-order chi connectivity index (χ0) is 17.3. The summed E-state index contributed by atoms with van der Waals surface area (Å²) < 4.78 is 47.9. The fourth-order valence-electron chi connectivity index (χ4n) is 2.34. The van der Waals surface area contributed by atoms with Gasteiger partial charge < -0.3 is 9.47 Å². The van der Waals surface area contributed by atoms with Gasteiger partial charge in [0.15, 0.2) is 0 Å². The Morgan fingerprint density at radius 3 is 2.62 bits per heavy atom. The molecule has 0 unspecified atom stereocenters. The predicted molar refractivity (Wildman–Crippen MR) is 77.0 cm³/mol. The van der Waals surface area contributed by atoms with Gasteiger partial charge in [-0.2, -0.15) is 13.2 Å². The molecule has 126 valence electrons. The molecule has 3 rings (SSSR count). The van der Waals surface area contributed by atoms with Gasteiger partial charge in [-0.25, -0.2) is 14.8 Å². The van der Waals surface area contributed by atoms with Crippen LogP contribution in [0.3, 0.4) is 0 Å². The van der Waals surface area contributed by atoms with E-state index in [-0.39, 0.29) is 29.3 Å². The van der Waals surface area contributed by atoms with Crippen LogP contribution in [0.15, 0.2) is 30.6 Å². The Bertz CT molecular complexity index is 766. The van der Waals surface area contributed by atoms with Crippen LogP contribution >= 0.6 is 11.6 Å². The van der Waals surface area contributed by atoms with Gasteiger partial charge in [0.05, 0.1) is 23.0 Å². The lowest BCUT2D eigenvalue weighted by Crippen LogP contribution is -2.10. The molecular formula is C15H10ClF3N2O3. The number of benzene rings is 1. The maximum absolute atomic E-state index is 12.5. The number of nitrogens with zero attached hydrogens (tertiary/aromatic N) is 2. The van der Waals surface area contributed by atoms with Gasteiger partial charge in [-0.1, -0.05) is 17.7 Å². The Kier molecular flexibility index (Phi) is 4.31. The number of alkyl halides is 3. The first-order valence-electron chi connectivity index (χ1n) is 6.89. The number of esters is 1. The third kappa shape index (κ3) is 3.59. The Morgan fingerprint density at radius 1 is 1.25 bits per heavy atom. The van der Waals surface area contributed by atoms with E-state index >= 15 is 0 Å². The van der Waals surface area contributed by atoms with Crippen LogP contribution in [0.5, 0.6) is 11.8 Å². The lowest BCUT2D eigenvalue weighted by atomic mass is 10.0. The maximum atomic E-state index is 12.5. The number of carbonyl (C=O) groups excluding carboxylic acids is 1. The fourth-order valence-corrected chi connectivity index (χ4v) is 2.44. The summed E-state index contributed by atoms with van der Waals surface area (Å²) >= 11 is 5.68. The molecule has 0 bridgehead atoms. The Hall–Kier alpha value is -2.35. The van der Waals surface area contributed by atoms with Crippen molar-refractivity contribution in [2.75, 3.05) is 0 Å². The topological polar surface area (TPSA) is 61.3 Å². The van der Waals surface area contributed by atoms with Crippen LogP contribution in [0.2, 0.25) is 5.02 Å². The molecule has 1 aromatic heterocycles. The van der Waals surface area contributed by atoms with Crippen LogP contribution in [0, 0.1) is 0 Å². The molecule has 0 saturated carbocycles. The average Bonchev–Trinajstić information content (AvgIpc) is 2.85. The summed E-state index contributed by atoms with van der Waals surface area (Å²) in [6.07, 6.45) is -4.20. The first-order valence-corrected chi connectivity index (χ1v) is 7.27. The molecule has 0 aliphatic carbocycles. The van der Waals surface area contributed by atoms with Crippen LogP contribution in [0.4, 0.5) is 13.2 Å². The Balaban J connectivity index is 1.89. The minimum Gasteiger partial charge on any atom is -0.454 e. The minimum atomic E-state index is -4.34. The van der Waals surface area contributed by atoms with Crippen LogP contribution in [0.25, 0.3) is 0 Å². The maximum Gasteiger partial charge on any atom is 0.389 e. The van der Waals surface area contributed by atoms with E-state index in [4.69, 9.17) is 21.1 Å². The monoisotopic (exact) mass is 358 g/mol. The highest BCUT2D eigenvalue weighted by Crippen LogP contribution is 2.42. The van der Waals surface area contributed by atoms with E-state index in [9.17, 15) is 18.0 Å². The number of hydrogen-bond donors (Lipinski definition) is 0. The van der Waals surface area contributed by atoms with E-state index in [1.807, 2.05) is 0 Å². The first-order chi connectivity index (χ1) is 11.3. The molecule has 9 heteroatoms. The lowest BCUT2D eigenvalue weighted by molar-refractivity contribution is -0.140. The van der Waals surface area contributed by atoms with Crippen molar-refractivity contribution >= 4 is 17.6 Å². The van der Waals surface area contributed by atoms with Crippen molar-refractivity contribution < 1.29 is 27.4 Å². The second-order valence-corrected chi connectivity index (χ2v) is 5.49. The SMILES string of the molecule is O=C1O[C@@H](CCC(F)(F)F)c2c(Oc3ncc(Cl)cn3)cccc21. The average molecular weight is 359 g/mol. The molecule has 24 heavy (non-hydrogen) atoms. The van der Waals surface area contributed by atoms with Gasteiger partial charge in [-0.15, -0.1) is 0 Å². The minimum absolute atomic E-state index is 0.0401. The van der Waals surface area contributed by atoms with Gasteiger partial charge in [0, 0.05) is 12.0 Å². The molecule has 1 aliphatic rings. The van der Waals surface area contributed by atoms with Crippen molar-refractivity contribution in [3.05, 3.63) is 46.7 Å². The number of fused-ring (bicyclic) bond motifs is 1. The van der Waals surface area contributed by atoms with Gasteiger partial charge in [-0.05, 0) is 18.6 Å². The summed E-state index contributed by atoms with van der Waals surface area (Å²) in [5.41, 5.74) is 0.443. The molecule has 2 heterocycles. The van der Waals surface area contributed by atoms with Crippen LogP contribution in [0.1, 0.15) is 34.9 Å². The number of hydrogen-bond acceptors (Lipinski definition) is 5. The molecular weight excluding hydrogens is 349 g/mol. The summed E-state index contributed by atoms with van der Waals surface area (Å²) in [6, 6.07) is 4.49. The van der Waals surface area contributed by atoms with Crippen LogP contribution < -0.4 is 4.74 Å². The van der Waals surface area contributed by atoms with Crippen molar-refractivity contribution in [2.45, 2.75) is 25.1 Å². The Morgan fingerprint density at radius 2 is 1.96 bits per heavy atom. The number of cyclic esters (lactones) is 1. The molecule has 0 radical (unpaired) electrons. The van der Waals surface area contributed by atoms with Gasteiger partial charge in [0.1, 0.15) is 11.9 Å². The van der Waals surface area contributed by atoms with Crippen LogP contribution in [-0.2, 0) is 4.74 Å². The normalized spacial score (nSPS) is 16.7. The summed E-state index contributed by atoms with van der Waals surface area (Å²) in [6.45, 7) is 0. The van der Waals surface area contributed by atoms with E-state index < -0.39 is 24.7 Å². The summed E-state index contributed by atoms with van der Waals surface area (Å²) in [5.74, 6) is -0.507. The second-order valence-electron chi connectivity index (χ2n) is 5.05. The van der Waals surface area contributed by atoms with Gasteiger partial charge in [0.2, 0.25) is 0 Å². The second kappa shape index (κ2) is 6.27. The third-order valence-electron chi connectivity index (χ3n) is 3.35.